The van der Waals surface area contributed by atoms with E-state index < -0.39 is 0 Å². The molecule has 1 saturated heterocycles. The predicted molar refractivity (Wildman–Crippen MR) is 114 cm³/mol. The van der Waals surface area contributed by atoms with Crippen LogP contribution in [0.25, 0.3) is 4.96 Å². The van der Waals surface area contributed by atoms with Gasteiger partial charge in [0.05, 0.1) is 18.7 Å². The third-order valence-corrected chi connectivity index (χ3v) is 6.08. The van der Waals surface area contributed by atoms with E-state index in [0.717, 1.165) is 27.5 Å². The summed E-state index contributed by atoms with van der Waals surface area (Å²) in [5.74, 6) is 0.0793. The summed E-state index contributed by atoms with van der Waals surface area (Å²) >= 11 is 1.56. The first-order valence-electron chi connectivity index (χ1n) is 9.77. The molecule has 0 saturated carbocycles. The average Bonchev–Trinajstić information content (AvgIpc) is 3.27. The van der Waals surface area contributed by atoms with Gasteiger partial charge in [-0.05, 0) is 25.0 Å². The quantitative estimate of drug-likeness (QED) is 0.700. The molecule has 2 aromatic heterocycles. The molecule has 4 rings (SSSR count). The van der Waals surface area contributed by atoms with Gasteiger partial charge in [-0.15, -0.1) is 11.3 Å². The van der Waals surface area contributed by atoms with Gasteiger partial charge in [0.15, 0.2) is 4.96 Å². The van der Waals surface area contributed by atoms with Gasteiger partial charge in [-0.25, -0.2) is 4.98 Å². The Morgan fingerprint density at radius 2 is 1.86 bits per heavy atom. The number of para-hydroxylation sites is 1. The number of aryl methyl sites for hydroxylation is 2. The van der Waals surface area contributed by atoms with Crippen LogP contribution in [0.1, 0.15) is 16.8 Å². The van der Waals surface area contributed by atoms with Crippen LogP contribution in [-0.4, -0.2) is 63.7 Å². The number of carbonyl (C=O) groups is 2. The molecule has 7 nitrogen and oxygen atoms in total. The molecule has 3 heterocycles. The highest BCUT2D eigenvalue weighted by Gasteiger charge is 2.23. The Morgan fingerprint density at radius 3 is 2.55 bits per heavy atom. The lowest BCUT2D eigenvalue weighted by Crippen LogP contribution is -2.50. The number of hydrogen-bond donors (Lipinski definition) is 1. The van der Waals surface area contributed by atoms with Gasteiger partial charge < -0.3 is 10.2 Å². The molecule has 29 heavy (non-hydrogen) atoms. The maximum absolute atomic E-state index is 12.6. The molecule has 0 atom stereocenters. The average molecular weight is 412 g/mol. The van der Waals surface area contributed by atoms with Gasteiger partial charge in [-0.2, -0.15) is 0 Å². The van der Waals surface area contributed by atoms with Crippen LogP contribution in [0.2, 0.25) is 0 Å². The molecule has 2 amide bonds. The molecular formula is C21H25N5O2S. The Bertz CT molecular complexity index is 984. The van der Waals surface area contributed by atoms with Crippen LogP contribution in [0.15, 0.2) is 36.0 Å². The minimum atomic E-state index is -0.0137. The van der Waals surface area contributed by atoms with Gasteiger partial charge in [-0.3, -0.25) is 18.9 Å². The molecule has 1 aliphatic heterocycles. The standard InChI is InChI=1S/C21H25N5O2S/c1-15-4-3-5-16(2)20(15)23-18(27)14-24-6-8-25(9-7-24)19(28)12-17-13-26-10-11-29-21(26)22-17/h3-5,10-11,13H,6-9,12,14H2,1-2H3,(H,23,27). The fourth-order valence-corrected chi connectivity index (χ4v) is 4.40. The molecule has 0 radical (unpaired) electrons. The number of thiazole rings is 1. The number of fused-ring (bicyclic) bond motifs is 1. The summed E-state index contributed by atoms with van der Waals surface area (Å²) < 4.78 is 1.94. The number of nitrogens with one attached hydrogen (secondary N) is 1. The predicted octanol–water partition coefficient (Wildman–Crippen LogP) is 2.34. The van der Waals surface area contributed by atoms with Gasteiger partial charge in [0, 0.05) is 49.6 Å². The van der Waals surface area contributed by atoms with Crippen molar-refractivity contribution in [1.29, 1.82) is 0 Å². The molecule has 0 aliphatic carbocycles. The number of rotatable bonds is 5. The van der Waals surface area contributed by atoms with Crippen molar-refractivity contribution in [3.63, 3.8) is 0 Å². The Balaban J connectivity index is 1.26. The number of hydrogen-bond acceptors (Lipinski definition) is 5. The lowest BCUT2D eigenvalue weighted by atomic mass is 10.1. The number of aromatic nitrogens is 2. The first kappa shape index (κ1) is 19.6. The first-order chi connectivity index (χ1) is 14.0. The minimum absolute atomic E-state index is 0.0137. The summed E-state index contributed by atoms with van der Waals surface area (Å²) in [6.07, 6.45) is 4.18. The van der Waals surface area contributed by atoms with E-state index in [0.29, 0.717) is 39.1 Å². The molecule has 152 valence electrons. The Kier molecular flexibility index (Phi) is 5.64. The second-order valence-corrected chi connectivity index (χ2v) is 8.35. The van der Waals surface area contributed by atoms with Gasteiger partial charge in [0.1, 0.15) is 0 Å². The first-order valence-corrected chi connectivity index (χ1v) is 10.6. The van der Waals surface area contributed by atoms with E-state index in [2.05, 4.69) is 15.2 Å². The highest BCUT2D eigenvalue weighted by Crippen LogP contribution is 2.19. The summed E-state index contributed by atoms with van der Waals surface area (Å²) in [5.41, 5.74) is 3.82. The summed E-state index contributed by atoms with van der Waals surface area (Å²) in [7, 11) is 0. The van der Waals surface area contributed by atoms with Crippen LogP contribution < -0.4 is 5.32 Å². The summed E-state index contributed by atoms with van der Waals surface area (Å²) in [5, 5.41) is 5.01. The number of amides is 2. The molecule has 0 spiro atoms. The zero-order chi connectivity index (χ0) is 20.4. The van der Waals surface area contributed by atoms with Crippen molar-refractivity contribution in [2.24, 2.45) is 0 Å². The van der Waals surface area contributed by atoms with Crippen molar-refractivity contribution in [3.05, 3.63) is 52.8 Å². The lowest BCUT2D eigenvalue weighted by molar-refractivity contribution is -0.132. The van der Waals surface area contributed by atoms with Crippen LogP contribution in [0.3, 0.4) is 0 Å². The van der Waals surface area contributed by atoms with E-state index in [-0.39, 0.29) is 11.8 Å². The minimum Gasteiger partial charge on any atom is -0.340 e. The van der Waals surface area contributed by atoms with E-state index in [1.54, 1.807) is 11.3 Å². The highest BCUT2D eigenvalue weighted by atomic mass is 32.1. The van der Waals surface area contributed by atoms with Crippen molar-refractivity contribution in [1.82, 2.24) is 19.2 Å². The van der Waals surface area contributed by atoms with E-state index >= 15 is 0 Å². The zero-order valence-electron chi connectivity index (χ0n) is 16.7. The highest BCUT2D eigenvalue weighted by molar-refractivity contribution is 7.15. The van der Waals surface area contributed by atoms with E-state index in [1.807, 2.05) is 59.1 Å². The number of piperazine rings is 1. The van der Waals surface area contributed by atoms with Crippen LogP contribution in [0.4, 0.5) is 5.69 Å². The van der Waals surface area contributed by atoms with Crippen molar-refractivity contribution in [2.45, 2.75) is 20.3 Å². The molecule has 8 heteroatoms. The van der Waals surface area contributed by atoms with Gasteiger partial charge in [0.25, 0.3) is 0 Å². The smallest absolute Gasteiger partial charge is 0.238 e. The van der Waals surface area contributed by atoms with Crippen molar-refractivity contribution < 1.29 is 9.59 Å². The Labute approximate surface area is 174 Å². The monoisotopic (exact) mass is 411 g/mol. The van der Waals surface area contributed by atoms with E-state index in [9.17, 15) is 9.59 Å². The fraction of sp³-hybridized carbons (Fsp3) is 0.381. The van der Waals surface area contributed by atoms with Gasteiger partial charge >= 0.3 is 0 Å². The number of benzene rings is 1. The van der Waals surface area contributed by atoms with E-state index in [1.165, 1.54) is 0 Å². The Hall–Kier alpha value is -2.71. The van der Waals surface area contributed by atoms with Crippen molar-refractivity contribution in [2.75, 3.05) is 38.0 Å². The van der Waals surface area contributed by atoms with E-state index in [4.69, 9.17) is 0 Å². The second-order valence-electron chi connectivity index (χ2n) is 7.47. The van der Waals surface area contributed by atoms with Crippen LogP contribution in [0, 0.1) is 13.8 Å². The SMILES string of the molecule is Cc1cccc(C)c1NC(=O)CN1CCN(C(=O)Cc2cn3ccsc3n2)CC1. The molecular weight excluding hydrogens is 386 g/mol. The summed E-state index contributed by atoms with van der Waals surface area (Å²) in [6.45, 7) is 7.00. The summed E-state index contributed by atoms with van der Waals surface area (Å²) in [6, 6.07) is 5.98. The fourth-order valence-electron chi connectivity index (χ4n) is 3.68. The maximum atomic E-state index is 12.6. The molecule has 1 aliphatic rings. The molecule has 0 unspecified atom stereocenters. The second kappa shape index (κ2) is 8.34. The molecule has 3 aromatic rings. The molecule has 1 aromatic carbocycles. The third-order valence-electron chi connectivity index (χ3n) is 5.31. The normalized spacial score (nSPS) is 15.0. The molecule has 0 bridgehead atoms. The Morgan fingerprint density at radius 1 is 1.14 bits per heavy atom. The zero-order valence-corrected chi connectivity index (χ0v) is 17.5. The van der Waals surface area contributed by atoms with Crippen LogP contribution in [0.5, 0.6) is 0 Å². The van der Waals surface area contributed by atoms with Crippen molar-refractivity contribution in [3.8, 4) is 0 Å². The van der Waals surface area contributed by atoms with Crippen LogP contribution in [-0.2, 0) is 16.0 Å². The van der Waals surface area contributed by atoms with Crippen LogP contribution >= 0.6 is 11.3 Å². The number of anilines is 1. The maximum Gasteiger partial charge on any atom is 0.238 e. The van der Waals surface area contributed by atoms with Gasteiger partial charge in [-0.1, -0.05) is 18.2 Å². The molecule has 1 N–H and O–H groups in total. The number of carbonyl (C=O) groups excluding carboxylic acids is 2. The number of imidazole rings is 1. The number of nitrogens with zero attached hydrogens (tertiary/aromatic N) is 4. The van der Waals surface area contributed by atoms with Crippen molar-refractivity contribution >= 4 is 33.8 Å². The van der Waals surface area contributed by atoms with Gasteiger partial charge in [0.2, 0.25) is 11.8 Å². The third kappa shape index (κ3) is 4.49. The topological polar surface area (TPSA) is 70.0 Å². The summed E-state index contributed by atoms with van der Waals surface area (Å²) in [4.78, 5) is 34.4. The lowest BCUT2D eigenvalue weighted by Gasteiger charge is -2.34. The molecule has 1 fully saturated rings. The largest absolute Gasteiger partial charge is 0.340 e.